The Balaban J connectivity index is 1.93. The van der Waals surface area contributed by atoms with E-state index in [4.69, 9.17) is 5.11 Å². The number of hydrogen-bond acceptors (Lipinski definition) is 4. The molecule has 0 saturated heterocycles. The van der Waals surface area contributed by atoms with E-state index in [-0.39, 0.29) is 16.1 Å². The lowest BCUT2D eigenvalue weighted by Crippen LogP contribution is -2.46. The van der Waals surface area contributed by atoms with Gasteiger partial charge in [0, 0.05) is 17.5 Å². The maximum Gasteiger partial charge on any atom is 0.356 e. The van der Waals surface area contributed by atoms with Crippen LogP contribution in [0.25, 0.3) is 0 Å². The monoisotopic (exact) mass is 295 g/mol. The van der Waals surface area contributed by atoms with Crippen molar-refractivity contribution in [3.05, 3.63) is 24.0 Å². The summed E-state index contributed by atoms with van der Waals surface area (Å²) >= 11 is 1.77. The van der Waals surface area contributed by atoms with E-state index in [9.17, 15) is 9.59 Å². The molecule has 0 aliphatic heterocycles. The molecule has 0 spiro atoms. The van der Waals surface area contributed by atoms with Crippen LogP contribution in [0.5, 0.6) is 0 Å². The Morgan fingerprint density at radius 3 is 2.80 bits per heavy atom. The Kier molecular flexibility index (Phi) is 4.49. The van der Waals surface area contributed by atoms with Crippen molar-refractivity contribution in [2.24, 2.45) is 0 Å². The predicted octanol–water partition coefficient (Wildman–Crippen LogP) is 2.19. The molecule has 108 valence electrons. The van der Waals surface area contributed by atoms with E-state index in [1.54, 1.807) is 17.8 Å². The fraction of sp³-hybridized carbons (Fsp3) is 0.462. The van der Waals surface area contributed by atoms with Crippen LogP contribution in [-0.4, -0.2) is 39.6 Å². The molecule has 2 rings (SSSR count). The number of pyridine rings is 1. The van der Waals surface area contributed by atoms with Crippen molar-refractivity contribution in [3.63, 3.8) is 0 Å². The summed E-state index contributed by atoms with van der Waals surface area (Å²) in [4.78, 5) is 26.6. The van der Waals surface area contributed by atoms with Crippen LogP contribution in [0.15, 0.2) is 18.3 Å². The highest BCUT2D eigenvalue weighted by molar-refractivity contribution is 8.00. The van der Waals surface area contributed by atoms with Crippen LogP contribution in [0.2, 0.25) is 0 Å². The van der Waals surface area contributed by atoms with Gasteiger partial charge in [0.05, 0.1) is 5.69 Å². The number of anilines is 1. The zero-order chi connectivity index (χ0) is 14.6. The fourth-order valence-corrected chi connectivity index (χ4v) is 3.02. The third kappa shape index (κ3) is 3.22. The molecule has 0 unspecified atom stereocenters. The molecule has 0 aromatic carbocycles. The molecule has 1 aromatic rings. The molecule has 0 bridgehead atoms. The summed E-state index contributed by atoms with van der Waals surface area (Å²) in [7, 11) is 0. The highest BCUT2D eigenvalue weighted by Crippen LogP contribution is 2.42. The number of aromatic carboxylic acids is 1. The van der Waals surface area contributed by atoms with Crippen LogP contribution in [0.1, 0.15) is 29.8 Å². The molecule has 1 heterocycles. The lowest BCUT2D eigenvalue weighted by Gasteiger charge is -2.40. The second-order valence-corrected chi connectivity index (χ2v) is 6.03. The third-order valence-corrected chi connectivity index (χ3v) is 4.95. The fourth-order valence-electron chi connectivity index (χ4n) is 2.11. The van der Waals surface area contributed by atoms with Gasteiger partial charge in [-0.15, -0.1) is 0 Å². The minimum atomic E-state index is -1.17. The largest absolute Gasteiger partial charge is 0.476 e. The molecule has 1 aliphatic carbocycles. The van der Waals surface area contributed by atoms with Gasteiger partial charge in [0.25, 0.3) is 0 Å². The smallest absolute Gasteiger partial charge is 0.356 e. The van der Waals surface area contributed by atoms with Crippen LogP contribution in [0, 0.1) is 0 Å². The molecular formula is C13H17N3O3S. The molecular weight excluding hydrogens is 278 g/mol. The van der Waals surface area contributed by atoms with Crippen molar-refractivity contribution >= 4 is 29.4 Å². The number of carbonyl (C=O) groups excluding carboxylic acids is 1. The van der Waals surface area contributed by atoms with Gasteiger partial charge < -0.3 is 15.7 Å². The molecule has 2 amide bonds. The summed E-state index contributed by atoms with van der Waals surface area (Å²) in [5, 5.41) is 14.3. The van der Waals surface area contributed by atoms with E-state index >= 15 is 0 Å². The van der Waals surface area contributed by atoms with Gasteiger partial charge in [0.2, 0.25) is 0 Å². The van der Waals surface area contributed by atoms with Crippen molar-refractivity contribution in [2.45, 2.75) is 24.0 Å². The number of thioether (sulfide) groups is 1. The van der Waals surface area contributed by atoms with E-state index in [2.05, 4.69) is 15.6 Å². The van der Waals surface area contributed by atoms with E-state index in [0.717, 1.165) is 12.8 Å². The first-order valence-corrected chi connectivity index (χ1v) is 7.57. The van der Waals surface area contributed by atoms with Crippen molar-refractivity contribution in [3.8, 4) is 0 Å². The number of carboxylic acids is 1. The molecule has 6 nitrogen and oxygen atoms in total. The quantitative estimate of drug-likeness (QED) is 0.774. The molecule has 1 aliphatic rings. The summed E-state index contributed by atoms with van der Waals surface area (Å²) < 4.78 is 0.141. The van der Waals surface area contributed by atoms with Gasteiger partial charge in [-0.05, 0) is 31.2 Å². The number of amides is 2. The number of urea groups is 1. The van der Waals surface area contributed by atoms with Crippen molar-refractivity contribution < 1.29 is 14.7 Å². The average molecular weight is 295 g/mol. The van der Waals surface area contributed by atoms with Gasteiger partial charge in [-0.1, -0.05) is 6.42 Å². The minimum Gasteiger partial charge on any atom is -0.476 e. The summed E-state index contributed by atoms with van der Waals surface area (Å²) in [5.74, 6) is -1.17. The molecule has 20 heavy (non-hydrogen) atoms. The first kappa shape index (κ1) is 14.6. The van der Waals surface area contributed by atoms with Crippen LogP contribution in [-0.2, 0) is 0 Å². The Hall–Kier alpha value is -1.76. The second-order valence-electron chi connectivity index (χ2n) is 4.75. The number of nitrogens with one attached hydrogen (secondary N) is 2. The number of nitrogens with zero attached hydrogens (tertiary/aromatic N) is 1. The Morgan fingerprint density at radius 1 is 1.50 bits per heavy atom. The van der Waals surface area contributed by atoms with E-state index in [1.165, 1.54) is 18.7 Å². The van der Waals surface area contributed by atoms with Gasteiger partial charge in [-0.2, -0.15) is 11.8 Å². The summed E-state index contributed by atoms with van der Waals surface area (Å²) in [5.41, 5.74) is 0.0372. The molecule has 3 N–H and O–H groups in total. The topological polar surface area (TPSA) is 91.3 Å². The van der Waals surface area contributed by atoms with Crippen LogP contribution < -0.4 is 10.6 Å². The maximum absolute atomic E-state index is 11.8. The minimum absolute atomic E-state index is 0.141. The maximum atomic E-state index is 11.8. The molecule has 7 heteroatoms. The predicted molar refractivity (Wildman–Crippen MR) is 78.3 cm³/mol. The van der Waals surface area contributed by atoms with Gasteiger partial charge in [0.1, 0.15) is 0 Å². The first-order valence-electron chi connectivity index (χ1n) is 6.35. The number of hydrogen-bond donors (Lipinski definition) is 3. The van der Waals surface area contributed by atoms with Crippen molar-refractivity contribution in [1.82, 2.24) is 10.3 Å². The van der Waals surface area contributed by atoms with Crippen molar-refractivity contribution in [2.75, 3.05) is 18.1 Å². The number of rotatable bonds is 5. The van der Waals surface area contributed by atoms with Gasteiger partial charge in [-0.25, -0.2) is 14.6 Å². The molecule has 1 aromatic heterocycles. The first-order chi connectivity index (χ1) is 9.56. The van der Waals surface area contributed by atoms with Gasteiger partial charge in [0.15, 0.2) is 5.69 Å². The number of carbonyl (C=O) groups is 2. The highest BCUT2D eigenvalue weighted by atomic mass is 32.2. The lowest BCUT2D eigenvalue weighted by atomic mass is 9.84. The average Bonchev–Trinajstić information content (AvgIpc) is 2.38. The Morgan fingerprint density at radius 2 is 2.25 bits per heavy atom. The van der Waals surface area contributed by atoms with Gasteiger partial charge >= 0.3 is 12.0 Å². The Bertz CT molecular complexity index is 512. The second kappa shape index (κ2) is 6.13. The zero-order valence-electron chi connectivity index (χ0n) is 11.2. The molecule has 1 saturated carbocycles. The SMILES string of the molecule is CSC1(CNC(=O)Nc2cccnc2C(=O)O)CCC1. The van der Waals surface area contributed by atoms with E-state index in [1.807, 2.05) is 6.26 Å². The van der Waals surface area contributed by atoms with E-state index in [0.29, 0.717) is 6.54 Å². The molecule has 1 fully saturated rings. The zero-order valence-corrected chi connectivity index (χ0v) is 12.0. The standard InChI is InChI=1S/C13H17N3O3S/c1-20-13(5-3-6-13)8-15-12(19)16-9-4-2-7-14-10(9)11(17)18/h2,4,7H,3,5-6,8H2,1H3,(H,17,18)(H2,15,16,19). The molecule has 0 radical (unpaired) electrons. The summed E-state index contributed by atoms with van der Waals surface area (Å²) in [6.07, 6.45) is 6.81. The van der Waals surface area contributed by atoms with Gasteiger partial charge in [-0.3, -0.25) is 0 Å². The number of aromatic nitrogens is 1. The highest BCUT2D eigenvalue weighted by Gasteiger charge is 2.36. The van der Waals surface area contributed by atoms with Crippen LogP contribution in [0.4, 0.5) is 10.5 Å². The number of carboxylic acid groups (broad SMARTS) is 1. The Labute approximate surface area is 121 Å². The van der Waals surface area contributed by atoms with Crippen LogP contribution >= 0.6 is 11.8 Å². The van der Waals surface area contributed by atoms with Crippen LogP contribution in [0.3, 0.4) is 0 Å². The molecule has 0 atom stereocenters. The summed E-state index contributed by atoms with van der Waals surface area (Å²) in [6.45, 7) is 0.586. The normalized spacial score (nSPS) is 16.1. The third-order valence-electron chi connectivity index (χ3n) is 3.53. The van der Waals surface area contributed by atoms with E-state index < -0.39 is 12.0 Å². The summed E-state index contributed by atoms with van der Waals surface area (Å²) in [6, 6.07) is 2.70. The lowest BCUT2D eigenvalue weighted by molar-refractivity contribution is 0.0691. The van der Waals surface area contributed by atoms with Crippen molar-refractivity contribution in [1.29, 1.82) is 0 Å².